The van der Waals surface area contributed by atoms with Crippen molar-refractivity contribution in [2.24, 2.45) is 0 Å². The van der Waals surface area contributed by atoms with Gasteiger partial charge in [0.05, 0.1) is 6.54 Å². The van der Waals surface area contributed by atoms with Crippen LogP contribution in [-0.2, 0) is 15.0 Å². The number of anilines is 1. The molecule has 0 aliphatic carbocycles. The van der Waals surface area contributed by atoms with E-state index in [9.17, 15) is 13.2 Å². The molecule has 0 radical (unpaired) electrons. The van der Waals surface area contributed by atoms with Crippen LogP contribution < -0.4 is 10.0 Å². The molecule has 112 valence electrons. The lowest BCUT2D eigenvalue weighted by molar-refractivity contribution is -0.115. The van der Waals surface area contributed by atoms with Crippen LogP contribution >= 0.6 is 0 Å². The number of carbonyl (C=O) groups excluding carboxylic acids is 1. The number of rotatable bonds is 6. The number of nitrogens with one attached hydrogen (secondary N) is 2. The summed E-state index contributed by atoms with van der Waals surface area (Å²) in [6.07, 6.45) is 0. The summed E-state index contributed by atoms with van der Waals surface area (Å²) in [5.41, 5.74) is 1.72. The van der Waals surface area contributed by atoms with Crippen LogP contribution in [0.2, 0.25) is 0 Å². The summed E-state index contributed by atoms with van der Waals surface area (Å²) in [4.78, 5) is 11.8. The summed E-state index contributed by atoms with van der Waals surface area (Å²) in [5.74, 6) is -0.131. The van der Waals surface area contributed by atoms with Gasteiger partial charge in [-0.2, -0.15) is 17.4 Å². The summed E-state index contributed by atoms with van der Waals surface area (Å²) in [6, 6.07) is 7.46. The Kier molecular flexibility index (Phi) is 5.67. The van der Waals surface area contributed by atoms with Crippen LogP contribution in [0.15, 0.2) is 24.3 Å². The zero-order valence-corrected chi connectivity index (χ0v) is 13.0. The first kappa shape index (κ1) is 16.6. The molecule has 1 rings (SSSR count). The van der Waals surface area contributed by atoms with Crippen LogP contribution in [-0.4, -0.2) is 39.3 Å². The molecule has 1 amide bonds. The first-order valence-electron chi connectivity index (χ1n) is 6.30. The van der Waals surface area contributed by atoms with E-state index in [2.05, 4.69) is 10.0 Å². The number of carbonyl (C=O) groups is 1. The predicted octanol–water partition coefficient (Wildman–Crippen LogP) is 1.14. The number of nitrogens with zero attached hydrogens (tertiary/aromatic N) is 1. The fourth-order valence-corrected chi connectivity index (χ4v) is 2.17. The lowest BCUT2D eigenvalue weighted by Crippen LogP contribution is -2.40. The summed E-state index contributed by atoms with van der Waals surface area (Å²) in [6.45, 7) is 3.76. The number of hydrogen-bond acceptors (Lipinski definition) is 3. The van der Waals surface area contributed by atoms with Gasteiger partial charge in [-0.05, 0) is 17.5 Å². The molecule has 1 aromatic carbocycles. The van der Waals surface area contributed by atoms with E-state index in [0.717, 1.165) is 9.87 Å². The third kappa shape index (κ3) is 4.59. The van der Waals surface area contributed by atoms with E-state index < -0.39 is 16.1 Å². The molecular weight excluding hydrogens is 278 g/mol. The Labute approximate surface area is 120 Å². The highest BCUT2D eigenvalue weighted by molar-refractivity contribution is 7.87. The molecule has 0 spiro atoms. The van der Waals surface area contributed by atoms with Gasteiger partial charge in [0, 0.05) is 19.8 Å². The number of amides is 1. The van der Waals surface area contributed by atoms with E-state index in [0.29, 0.717) is 5.69 Å². The maximum atomic E-state index is 11.8. The average molecular weight is 299 g/mol. The highest BCUT2D eigenvalue weighted by Gasteiger charge is 2.15. The molecule has 0 fully saturated rings. The van der Waals surface area contributed by atoms with Crippen LogP contribution in [0, 0.1) is 0 Å². The van der Waals surface area contributed by atoms with E-state index in [1.165, 1.54) is 14.1 Å². The normalized spacial score (nSPS) is 11.9. The molecule has 0 aliphatic heterocycles. The molecule has 0 heterocycles. The highest BCUT2D eigenvalue weighted by Crippen LogP contribution is 2.23. The third-order valence-electron chi connectivity index (χ3n) is 2.75. The van der Waals surface area contributed by atoms with Crippen molar-refractivity contribution in [3.8, 4) is 0 Å². The number of hydrogen-bond donors (Lipinski definition) is 2. The fraction of sp³-hybridized carbons (Fsp3) is 0.462. The quantitative estimate of drug-likeness (QED) is 0.827. The second-order valence-electron chi connectivity index (χ2n) is 4.90. The Morgan fingerprint density at radius 2 is 1.85 bits per heavy atom. The van der Waals surface area contributed by atoms with Gasteiger partial charge in [-0.15, -0.1) is 0 Å². The number of para-hydroxylation sites is 1. The SMILES string of the molecule is CC(C)c1ccccc1NC(=O)CNS(=O)(=O)N(C)C. The van der Waals surface area contributed by atoms with Gasteiger partial charge in [-0.25, -0.2) is 0 Å². The zero-order valence-electron chi connectivity index (χ0n) is 12.2. The molecule has 0 unspecified atom stereocenters. The first-order chi connectivity index (χ1) is 9.24. The molecule has 2 N–H and O–H groups in total. The Balaban J connectivity index is 2.69. The molecule has 20 heavy (non-hydrogen) atoms. The number of benzene rings is 1. The summed E-state index contributed by atoms with van der Waals surface area (Å²) < 4.78 is 26.2. The topological polar surface area (TPSA) is 78.5 Å². The maximum Gasteiger partial charge on any atom is 0.279 e. The van der Waals surface area contributed by atoms with Gasteiger partial charge in [0.25, 0.3) is 10.2 Å². The van der Waals surface area contributed by atoms with Gasteiger partial charge >= 0.3 is 0 Å². The first-order valence-corrected chi connectivity index (χ1v) is 7.74. The zero-order chi connectivity index (χ0) is 15.3. The van der Waals surface area contributed by atoms with Crippen LogP contribution in [0.5, 0.6) is 0 Å². The van der Waals surface area contributed by atoms with Gasteiger partial charge < -0.3 is 5.32 Å². The minimum absolute atomic E-state index is 0.268. The summed E-state index contributed by atoms with van der Waals surface area (Å²) >= 11 is 0. The Hall–Kier alpha value is -1.44. The molecule has 0 saturated carbocycles. The van der Waals surface area contributed by atoms with E-state index in [1.807, 2.05) is 32.0 Å². The van der Waals surface area contributed by atoms with Gasteiger partial charge in [-0.1, -0.05) is 32.0 Å². The second kappa shape index (κ2) is 6.83. The van der Waals surface area contributed by atoms with Crippen molar-refractivity contribution >= 4 is 21.8 Å². The third-order valence-corrected chi connectivity index (χ3v) is 4.22. The minimum atomic E-state index is -3.59. The molecule has 1 aromatic rings. The highest BCUT2D eigenvalue weighted by atomic mass is 32.2. The molecule has 0 aromatic heterocycles. The summed E-state index contributed by atoms with van der Waals surface area (Å²) in [7, 11) is -0.795. The molecule has 0 aliphatic rings. The minimum Gasteiger partial charge on any atom is -0.325 e. The van der Waals surface area contributed by atoms with Crippen LogP contribution in [0.3, 0.4) is 0 Å². The van der Waals surface area contributed by atoms with E-state index in [1.54, 1.807) is 6.07 Å². The van der Waals surface area contributed by atoms with Crippen molar-refractivity contribution in [2.75, 3.05) is 26.0 Å². The second-order valence-corrected chi connectivity index (χ2v) is 6.87. The molecule has 0 atom stereocenters. The van der Waals surface area contributed by atoms with Crippen LogP contribution in [0.4, 0.5) is 5.69 Å². The van der Waals surface area contributed by atoms with Crippen molar-refractivity contribution < 1.29 is 13.2 Å². The van der Waals surface area contributed by atoms with Crippen LogP contribution in [0.25, 0.3) is 0 Å². The Morgan fingerprint density at radius 3 is 2.40 bits per heavy atom. The van der Waals surface area contributed by atoms with Gasteiger partial charge in [-0.3, -0.25) is 4.79 Å². The van der Waals surface area contributed by atoms with Crippen molar-refractivity contribution in [2.45, 2.75) is 19.8 Å². The van der Waals surface area contributed by atoms with E-state index >= 15 is 0 Å². The lowest BCUT2D eigenvalue weighted by atomic mass is 10.0. The molecule has 0 saturated heterocycles. The van der Waals surface area contributed by atoms with E-state index in [4.69, 9.17) is 0 Å². The smallest absolute Gasteiger partial charge is 0.279 e. The largest absolute Gasteiger partial charge is 0.325 e. The summed E-state index contributed by atoms with van der Waals surface area (Å²) in [5, 5.41) is 2.72. The lowest BCUT2D eigenvalue weighted by Gasteiger charge is -2.15. The maximum absolute atomic E-state index is 11.8. The Morgan fingerprint density at radius 1 is 1.25 bits per heavy atom. The molecule has 6 nitrogen and oxygen atoms in total. The molecular formula is C13H21N3O3S. The monoisotopic (exact) mass is 299 g/mol. The van der Waals surface area contributed by atoms with Crippen molar-refractivity contribution in [3.63, 3.8) is 0 Å². The molecule has 0 bridgehead atoms. The van der Waals surface area contributed by atoms with Gasteiger partial charge in [0.15, 0.2) is 0 Å². The van der Waals surface area contributed by atoms with Crippen LogP contribution in [0.1, 0.15) is 25.3 Å². The van der Waals surface area contributed by atoms with E-state index in [-0.39, 0.29) is 12.5 Å². The van der Waals surface area contributed by atoms with Gasteiger partial charge in [0.2, 0.25) is 5.91 Å². The van der Waals surface area contributed by atoms with Gasteiger partial charge in [0.1, 0.15) is 0 Å². The van der Waals surface area contributed by atoms with Crippen molar-refractivity contribution in [3.05, 3.63) is 29.8 Å². The average Bonchev–Trinajstić information content (AvgIpc) is 2.36. The van der Waals surface area contributed by atoms with Crippen molar-refractivity contribution in [1.82, 2.24) is 9.03 Å². The molecule has 7 heteroatoms. The Bertz CT molecular complexity index is 568. The predicted molar refractivity (Wildman–Crippen MR) is 79.8 cm³/mol. The fourth-order valence-electron chi connectivity index (χ4n) is 1.59. The standard InChI is InChI=1S/C13H21N3O3S/c1-10(2)11-7-5-6-8-12(11)15-13(17)9-14-20(18,19)16(3)4/h5-8,10,14H,9H2,1-4H3,(H,15,17). The van der Waals surface area contributed by atoms with Crippen molar-refractivity contribution in [1.29, 1.82) is 0 Å².